The maximum Gasteiger partial charge on any atom is 0.271 e. The Morgan fingerprint density at radius 1 is 1.63 bits per heavy atom. The van der Waals surface area contributed by atoms with Crippen LogP contribution in [0.1, 0.15) is 23.0 Å². The van der Waals surface area contributed by atoms with Crippen molar-refractivity contribution in [1.29, 1.82) is 0 Å². The van der Waals surface area contributed by atoms with E-state index in [0.717, 1.165) is 5.69 Å². The molecule has 0 spiro atoms. The molecule has 0 radical (unpaired) electrons. The Labute approximate surface area is 114 Å². The quantitative estimate of drug-likeness (QED) is 0.901. The van der Waals surface area contributed by atoms with Crippen LogP contribution in [0.4, 0.5) is 0 Å². The first-order valence-electron chi connectivity index (χ1n) is 5.80. The molecule has 0 aliphatic heterocycles. The van der Waals surface area contributed by atoms with Gasteiger partial charge < -0.3 is 10.1 Å². The van der Waals surface area contributed by atoms with Gasteiger partial charge in [-0.15, -0.1) is 11.3 Å². The Morgan fingerprint density at radius 3 is 3.05 bits per heavy atom. The van der Waals surface area contributed by atoms with Crippen LogP contribution < -0.4 is 10.9 Å². The highest BCUT2D eigenvalue weighted by atomic mass is 32.1. The molecule has 2 heterocycles. The maximum atomic E-state index is 12.2. The Balaban J connectivity index is 2.35. The molecule has 2 aromatic rings. The largest absolute Gasteiger partial charge is 0.383 e. The highest BCUT2D eigenvalue weighted by Crippen LogP contribution is 2.10. The van der Waals surface area contributed by atoms with Crippen molar-refractivity contribution in [1.82, 2.24) is 14.7 Å². The number of carbonyl (C=O) groups is 1. The molecule has 1 atom stereocenters. The van der Waals surface area contributed by atoms with Gasteiger partial charge in [-0.3, -0.25) is 14.0 Å². The molecule has 0 aliphatic rings. The van der Waals surface area contributed by atoms with Gasteiger partial charge in [0.05, 0.1) is 6.61 Å². The lowest BCUT2D eigenvalue weighted by Crippen LogP contribution is -2.39. The lowest BCUT2D eigenvalue weighted by atomic mass is 10.2. The van der Waals surface area contributed by atoms with Crippen LogP contribution in [0.15, 0.2) is 16.4 Å². The molecule has 7 heteroatoms. The molecule has 0 bridgehead atoms. The monoisotopic (exact) mass is 281 g/mol. The van der Waals surface area contributed by atoms with E-state index >= 15 is 0 Å². The fraction of sp³-hybridized carbons (Fsp3) is 0.417. The Morgan fingerprint density at radius 2 is 2.37 bits per heavy atom. The molecule has 1 unspecified atom stereocenters. The van der Waals surface area contributed by atoms with Gasteiger partial charge in [-0.2, -0.15) is 0 Å². The molecule has 0 aromatic carbocycles. The summed E-state index contributed by atoms with van der Waals surface area (Å²) in [6.07, 6.45) is 1.32. The van der Waals surface area contributed by atoms with Crippen molar-refractivity contribution >= 4 is 22.2 Å². The standard InChI is InChI=1S/C12H15N3O3S/c1-7(5-18-3)14-10(16)9-4-13-12-15(11(9)17)8(2)6-19-12/h4,6-7H,5H2,1-3H3,(H,14,16). The van der Waals surface area contributed by atoms with E-state index in [1.807, 2.05) is 12.3 Å². The number of ether oxygens (including phenoxy) is 1. The van der Waals surface area contributed by atoms with Gasteiger partial charge in [0.2, 0.25) is 0 Å². The maximum absolute atomic E-state index is 12.2. The summed E-state index contributed by atoms with van der Waals surface area (Å²) in [4.78, 5) is 29.0. The Bertz CT molecular complexity index is 662. The van der Waals surface area contributed by atoms with Crippen molar-refractivity contribution in [3.8, 4) is 0 Å². The van der Waals surface area contributed by atoms with Gasteiger partial charge >= 0.3 is 0 Å². The van der Waals surface area contributed by atoms with Crippen LogP contribution in [-0.2, 0) is 4.74 Å². The summed E-state index contributed by atoms with van der Waals surface area (Å²) in [5, 5.41) is 4.53. The summed E-state index contributed by atoms with van der Waals surface area (Å²) in [6, 6.07) is -0.166. The number of aryl methyl sites for hydroxylation is 1. The molecule has 1 N–H and O–H groups in total. The average molecular weight is 281 g/mol. The number of amides is 1. The topological polar surface area (TPSA) is 72.7 Å². The van der Waals surface area contributed by atoms with E-state index in [1.54, 1.807) is 14.0 Å². The highest BCUT2D eigenvalue weighted by molar-refractivity contribution is 7.15. The second kappa shape index (κ2) is 5.50. The van der Waals surface area contributed by atoms with Crippen LogP contribution in [0, 0.1) is 6.92 Å². The van der Waals surface area contributed by atoms with Crippen LogP contribution in [0.5, 0.6) is 0 Å². The Hall–Kier alpha value is -1.73. The molecule has 1 amide bonds. The minimum Gasteiger partial charge on any atom is -0.383 e. The van der Waals surface area contributed by atoms with Crippen molar-refractivity contribution in [2.75, 3.05) is 13.7 Å². The normalized spacial score (nSPS) is 12.6. The lowest BCUT2D eigenvalue weighted by molar-refractivity contribution is 0.0903. The fourth-order valence-electron chi connectivity index (χ4n) is 1.77. The number of thiazole rings is 1. The molecule has 0 fully saturated rings. The zero-order chi connectivity index (χ0) is 14.0. The van der Waals surface area contributed by atoms with Crippen molar-refractivity contribution < 1.29 is 9.53 Å². The number of nitrogens with zero attached hydrogens (tertiary/aromatic N) is 2. The average Bonchev–Trinajstić information content (AvgIpc) is 2.72. The van der Waals surface area contributed by atoms with Crippen molar-refractivity contribution in [2.24, 2.45) is 0 Å². The van der Waals surface area contributed by atoms with Gasteiger partial charge in [0, 0.05) is 30.4 Å². The lowest BCUT2D eigenvalue weighted by Gasteiger charge is -2.12. The number of hydrogen-bond acceptors (Lipinski definition) is 5. The molecule has 6 nitrogen and oxygen atoms in total. The van der Waals surface area contributed by atoms with E-state index in [-0.39, 0.29) is 17.2 Å². The van der Waals surface area contributed by atoms with Crippen LogP contribution in [0.3, 0.4) is 0 Å². The fourth-order valence-corrected chi connectivity index (χ4v) is 2.60. The summed E-state index contributed by atoms with van der Waals surface area (Å²) < 4.78 is 6.38. The van der Waals surface area contributed by atoms with E-state index < -0.39 is 5.91 Å². The van der Waals surface area contributed by atoms with Gasteiger partial charge in [-0.1, -0.05) is 0 Å². The number of nitrogens with one attached hydrogen (secondary N) is 1. The van der Waals surface area contributed by atoms with E-state index in [9.17, 15) is 9.59 Å². The second-order valence-corrected chi connectivity index (χ2v) is 5.14. The molecule has 0 saturated carbocycles. The second-order valence-electron chi connectivity index (χ2n) is 4.30. The first-order valence-corrected chi connectivity index (χ1v) is 6.68. The predicted molar refractivity (Wildman–Crippen MR) is 72.9 cm³/mol. The van der Waals surface area contributed by atoms with E-state index in [1.165, 1.54) is 21.9 Å². The van der Waals surface area contributed by atoms with Crippen molar-refractivity contribution in [2.45, 2.75) is 19.9 Å². The van der Waals surface area contributed by atoms with Gasteiger partial charge in [-0.05, 0) is 13.8 Å². The molecule has 2 aromatic heterocycles. The van der Waals surface area contributed by atoms with Gasteiger partial charge in [0.1, 0.15) is 5.56 Å². The van der Waals surface area contributed by atoms with Gasteiger partial charge in [-0.25, -0.2) is 4.98 Å². The summed E-state index contributed by atoms with van der Waals surface area (Å²) in [5.74, 6) is -0.429. The van der Waals surface area contributed by atoms with Crippen LogP contribution in [0.25, 0.3) is 4.96 Å². The Kier molecular flexibility index (Phi) is 3.96. The molecule has 19 heavy (non-hydrogen) atoms. The molecule has 0 aliphatic carbocycles. The summed E-state index contributed by atoms with van der Waals surface area (Å²) in [7, 11) is 1.56. The third kappa shape index (κ3) is 2.66. The van der Waals surface area contributed by atoms with Crippen LogP contribution in [-0.4, -0.2) is 35.1 Å². The number of hydrogen-bond donors (Lipinski definition) is 1. The molecular formula is C12H15N3O3S. The number of methoxy groups -OCH3 is 1. The smallest absolute Gasteiger partial charge is 0.271 e. The summed E-state index contributed by atoms with van der Waals surface area (Å²) in [5.41, 5.74) is 0.477. The number of aromatic nitrogens is 2. The van der Waals surface area contributed by atoms with E-state index in [4.69, 9.17) is 4.74 Å². The first-order chi connectivity index (χ1) is 9.04. The summed E-state index contributed by atoms with van der Waals surface area (Å²) in [6.45, 7) is 4.00. The van der Waals surface area contributed by atoms with E-state index in [2.05, 4.69) is 10.3 Å². The van der Waals surface area contributed by atoms with Crippen LogP contribution >= 0.6 is 11.3 Å². The predicted octanol–water partition coefficient (Wildman–Crippen LogP) is 0.829. The number of carbonyl (C=O) groups excluding carboxylic acids is 1. The molecule has 102 valence electrons. The minimum absolute atomic E-state index is 0.0435. The number of fused-ring (bicyclic) bond motifs is 1. The van der Waals surface area contributed by atoms with Gasteiger partial charge in [0.15, 0.2) is 4.96 Å². The first kappa shape index (κ1) is 13.7. The zero-order valence-corrected chi connectivity index (χ0v) is 11.8. The molecular weight excluding hydrogens is 266 g/mol. The molecule has 0 saturated heterocycles. The summed E-state index contributed by atoms with van der Waals surface area (Å²) >= 11 is 1.37. The zero-order valence-electron chi connectivity index (χ0n) is 11.0. The van der Waals surface area contributed by atoms with Crippen LogP contribution in [0.2, 0.25) is 0 Å². The highest BCUT2D eigenvalue weighted by Gasteiger charge is 2.16. The molecule has 2 rings (SSSR count). The number of rotatable bonds is 4. The van der Waals surface area contributed by atoms with Crippen molar-refractivity contribution in [3.05, 3.63) is 33.2 Å². The van der Waals surface area contributed by atoms with Crippen molar-refractivity contribution in [3.63, 3.8) is 0 Å². The minimum atomic E-state index is -0.429. The third-order valence-corrected chi connectivity index (χ3v) is 3.61. The van der Waals surface area contributed by atoms with E-state index in [0.29, 0.717) is 11.6 Å². The SMILES string of the molecule is COCC(C)NC(=O)c1cnc2scc(C)n2c1=O. The third-order valence-electron chi connectivity index (χ3n) is 2.66. The van der Waals surface area contributed by atoms with Gasteiger partial charge in [0.25, 0.3) is 11.5 Å².